The Morgan fingerprint density at radius 1 is 0.973 bits per heavy atom. The molecule has 0 atom stereocenters. The molecule has 0 aliphatic carbocycles. The molecule has 1 fully saturated rings. The van der Waals surface area contributed by atoms with E-state index in [-0.39, 0.29) is 4.90 Å². The van der Waals surface area contributed by atoms with Gasteiger partial charge in [0.25, 0.3) is 10.0 Å². The van der Waals surface area contributed by atoms with E-state index in [0.717, 1.165) is 23.0 Å². The van der Waals surface area contributed by atoms with Gasteiger partial charge in [-0.25, -0.2) is 8.42 Å². The Kier molecular flexibility index (Phi) is 8.95. The number of carbonyl (C=O) groups excluding carboxylic acids is 1. The number of nitrogens with zero attached hydrogens (tertiary/aromatic N) is 2. The molecule has 4 rings (SSSR count). The van der Waals surface area contributed by atoms with Gasteiger partial charge < -0.3 is 15.0 Å². The van der Waals surface area contributed by atoms with Gasteiger partial charge in [-0.1, -0.05) is 35.9 Å². The van der Waals surface area contributed by atoms with Crippen LogP contribution in [0.2, 0.25) is 5.02 Å². The number of hydrogen-bond acceptors (Lipinski definition) is 5. The molecule has 1 amide bonds. The van der Waals surface area contributed by atoms with Crippen LogP contribution in [0.4, 0.5) is 11.4 Å². The number of benzene rings is 3. The molecular weight excluding hydrogens is 510 g/mol. The second kappa shape index (κ2) is 12.3. The van der Waals surface area contributed by atoms with Crippen molar-refractivity contribution in [2.24, 2.45) is 0 Å². The predicted molar refractivity (Wildman–Crippen MR) is 148 cm³/mol. The molecule has 0 unspecified atom stereocenters. The van der Waals surface area contributed by atoms with Gasteiger partial charge in [0.2, 0.25) is 5.91 Å². The molecule has 1 aliphatic heterocycles. The highest BCUT2D eigenvalue weighted by molar-refractivity contribution is 7.92. The fourth-order valence-corrected chi connectivity index (χ4v) is 5.90. The summed E-state index contributed by atoms with van der Waals surface area (Å²) in [6, 6.07) is 20.8. The molecule has 1 saturated heterocycles. The number of carbonyl (C=O) groups is 1. The van der Waals surface area contributed by atoms with Crippen LogP contribution in [0.3, 0.4) is 0 Å². The van der Waals surface area contributed by atoms with Gasteiger partial charge in [-0.2, -0.15) is 0 Å². The first-order valence-corrected chi connectivity index (χ1v) is 14.3. The Hall–Kier alpha value is -3.23. The van der Waals surface area contributed by atoms with Crippen molar-refractivity contribution in [3.05, 3.63) is 83.4 Å². The van der Waals surface area contributed by atoms with Gasteiger partial charge in [-0.05, 0) is 80.3 Å². The first kappa shape index (κ1) is 26.8. The maximum Gasteiger partial charge on any atom is 0.264 e. The number of anilines is 2. The molecule has 7 nitrogen and oxygen atoms in total. The van der Waals surface area contributed by atoms with Gasteiger partial charge in [-0.15, -0.1) is 0 Å². The average molecular weight is 542 g/mol. The summed E-state index contributed by atoms with van der Waals surface area (Å²) in [6.45, 7) is 4.19. The van der Waals surface area contributed by atoms with E-state index in [1.165, 1.54) is 49.2 Å². The van der Waals surface area contributed by atoms with Crippen molar-refractivity contribution in [2.75, 3.05) is 35.4 Å². The molecule has 0 saturated carbocycles. The third kappa shape index (κ3) is 6.76. The minimum atomic E-state index is -4.08. The topological polar surface area (TPSA) is 79.0 Å². The number of hydrogen-bond donors (Lipinski definition) is 1. The maximum atomic E-state index is 13.6. The zero-order chi connectivity index (χ0) is 26.3. The molecule has 1 aliphatic rings. The Labute approximate surface area is 224 Å². The average Bonchev–Trinajstić information content (AvgIpc) is 2.92. The number of nitrogens with one attached hydrogen (secondary N) is 1. The zero-order valence-corrected chi connectivity index (χ0v) is 22.5. The SMILES string of the molecule is CCOc1ccccc1N(CC(=O)NCc1ccc(N2CCCCC2)cc1)S(=O)(=O)c1ccc(Cl)cc1. The second-order valence-electron chi connectivity index (χ2n) is 8.86. The van der Waals surface area contributed by atoms with Crippen molar-refractivity contribution < 1.29 is 17.9 Å². The Bertz CT molecular complexity index is 1290. The summed E-state index contributed by atoms with van der Waals surface area (Å²) in [4.78, 5) is 15.4. The normalized spacial score (nSPS) is 13.7. The molecule has 0 spiro atoms. The second-order valence-corrected chi connectivity index (χ2v) is 11.2. The molecule has 0 bridgehead atoms. The van der Waals surface area contributed by atoms with Crippen LogP contribution >= 0.6 is 11.6 Å². The van der Waals surface area contributed by atoms with Crippen LogP contribution in [0.5, 0.6) is 5.75 Å². The number of amides is 1. The molecule has 1 N–H and O–H groups in total. The minimum Gasteiger partial charge on any atom is -0.492 e. The lowest BCUT2D eigenvalue weighted by atomic mass is 10.1. The predicted octanol–water partition coefficient (Wildman–Crippen LogP) is 5.24. The number of sulfonamides is 1. The summed E-state index contributed by atoms with van der Waals surface area (Å²) in [5.74, 6) is -0.0485. The van der Waals surface area contributed by atoms with Gasteiger partial charge in [0, 0.05) is 30.3 Å². The van der Waals surface area contributed by atoms with E-state index in [1.54, 1.807) is 24.3 Å². The van der Waals surface area contributed by atoms with Crippen molar-refractivity contribution >= 4 is 38.9 Å². The van der Waals surface area contributed by atoms with E-state index in [2.05, 4.69) is 22.3 Å². The Morgan fingerprint density at radius 3 is 2.32 bits per heavy atom. The van der Waals surface area contributed by atoms with Gasteiger partial charge in [0.05, 0.1) is 17.2 Å². The third-order valence-corrected chi connectivity index (χ3v) is 8.30. The lowest BCUT2D eigenvalue weighted by Crippen LogP contribution is -2.40. The van der Waals surface area contributed by atoms with E-state index in [4.69, 9.17) is 16.3 Å². The molecule has 196 valence electrons. The van der Waals surface area contributed by atoms with Crippen LogP contribution in [-0.2, 0) is 21.4 Å². The fourth-order valence-electron chi connectivity index (χ4n) is 4.34. The van der Waals surface area contributed by atoms with E-state index in [0.29, 0.717) is 29.6 Å². The quantitative estimate of drug-likeness (QED) is 0.380. The van der Waals surface area contributed by atoms with Gasteiger partial charge in [-0.3, -0.25) is 9.10 Å². The van der Waals surface area contributed by atoms with Crippen LogP contribution in [-0.4, -0.2) is 40.6 Å². The molecule has 9 heteroatoms. The largest absolute Gasteiger partial charge is 0.492 e. The number of piperidine rings is 1. The van der Waals surface area contributed by atoms with Crippen molar-refractivity contribution in [1.82, 2.24) is 5.32 Å². The minimum absolute atomic E-state index is 0.0318. The molecule has 37 heavy (non-hydrogen) atoms. The van der Waals surface area contributed by atoms with E-state index >= 15 is 0 Å². The lowest BCUT2D eigenvalue weighted by molar-refractivity contribution is -0.119. The summed E-state index contributed by atoms with van der Waals surface area (Å²) >= 11 is 5.97. The number of para-hydroxylation sites is 2. The molecule has 3 aromatic carbocycles. The third-order valence-electron chi connectivity index (χ3n) is 6.27. The smallest absolute Gasteiger partial charge is 0.264 e. The zero-order valence-electron chi connectivity index (χ0n) is 20.9. The Balaban J connectivity index is 1.51. The molecule has 3 aromatic rings. The summed E-state index contributed by atoms with van der Waals surface area (Å²) in [5, 5.41) is 3.28. The van der Waals surface area contributed by atoms with Crippen LogP contribution in [0.15, 0.2) is 77.7 Å². The van der Waals surface area contributed by atoms with Crippen LogP contribution in [0.1, 0.15) is 31.7 Å². The first-order chi connectivity index (χ1) is 17.9. The highest BCUT2D eigenvalue weighted by Gasteiger charge is 2.29. The highest BCUT2D eigenvalue weighted by atomic mass is 35.5. The van der Waals surface area contributed by atoms with E-state index in [9.17, 15) is 13.2 Å². The molecule has 1 heterocycles. The molecular formula is C28H32ClN3O4S. The Morgan fingerprint density at radius 2 is 1.65 bits per heavy atom. The first-order valence-electron chi connectivity index (χ1n) is 12.5. The van der Waals surface area contributed by atoms with Crippen LogP contribution in [0.25, 0.3) is 0 Å². The standard InChI is InChI=1S/C28H32ClN3O4S/c1-2-36-27-9-5-4-8-26(27)32(37(34,35)25-16-12-23(29)13-17-25)21-28(33)30-20-22-10-14-24(15-11-22)31-18-6-3-7-19-31/h4-5,8-17H,2-3,6-7,18-21H2,1H3,(H,30,33). The lowest BCUT2D eigenvalue weighted by Gasteiger charge is -2.29. The monoisotopic (exact) mass is 541 g/mol. The maximum absolute atomic E-state index is 13.6. The van der Waals surface area contributed by atoms with E-state index < -0.39 is 22.5 Å². The number of rotatable bonds is 10. The van der Waals surface area contributed by atoms with Gasteiger partial charge >= 0.3 is 0 Å². The van der Waals surface area contributed by atoms with E-state index in [1.807, 2.05) is 19.1 Å². The van der Waals surface area contributed by atoms with Crippen LogP contribution in [0, 0.1) is 0 Å². The van der Waals surface area contributed by atoms with Crippen molar-refractivity contribution in [3.63, 3.8) is 0 Å². The summed E-state index contributed by atoms with van der Waals surface area (Å²) < 4.78 is 34.0. The van der Waals surface area contributed by atoms with Gasteiger partial charge in [0.15, 0.2) is 0 Å². The highest BCUT2D eigenvalue weighted by Crippen LogP contribution is 2.32. The summed E-state index contributed by atoms with van der Waals surface area (Å²) in [6.07, 6.45) is 3.69. The van der Waals surface area contributed by atoms with Gasteiger partial charge in [0.1, 0.15) is 12.3 Å². The summed E-state index contributed by atoms with van der Waals surface area (Å²) in [5.41, 5.74) is 2.42. The fraction of sp³-hybridized carbons (Fsp3) is 0.321. The van der Waals surface area contributed by atoms with Crippen molar-refractivity contribution in [3.8, 4) is 5.75 Å². The van der Waals surface area contributed by atoms with Crippen LogP contribution < -0.4 is 19.3 Å². The number of ether oxygens (including phenoxy) is 1. The number of halogens is 1. The molecule has 0 aromatic heterocycles. The van der Waals surface area contributed by atoms with Crippen molar-refractivity contribution in [1.29, 1.82) is 0 Å². The summed E-state index contributed by atoms with van der Waals surface area (Å²) in [7, 11) is -4.08. The van der Waals surface area contributed by atoms with Crippen molar-refractivity contribution in [2.45, 2.75) is 37.6 Å². The molecule has 0 radical (unpaired) electrons.